The van der Waals surface area contributed by atoms with Crippen molar-refractivity contribution in [2.24, 2.45) is 17.8 Å². The van der Waals surface area contributed by atoms with E-state index in [0.29, 0.717) is 46.6 Å². The fraction of sp³-hybridized carbons (Fsp3) is 0.589. The summed E-state index contributed by atoms with van der Waals surface area (Å²) in [6.45, 7) is 16.9. The largest absolute Gasteiger partial charge is 1.00 e. The Morgan fingerprint density at radius 2 is 1.04 bits per heavy atom. The molecule has 0 aromatic heterocycles. The quantitative estimate of drug-likeness (QED) is 0.177. The zero-order valence-electron chi connectivity index (χ0n) is 44.8. The summed E-state index contributed by atoms with van der Waals surface area (Å²) in [4.78, 5) is 63.1. The topological polar surface area (TPSA) is 173 Å². The van der Waals surface area contributed by atoms with Crippen LogP contribution in [0, 0.1) is 17.8 Å². The molecule has 3 aromatic rings. The normalized spacial score (nSPS) is 29.9. The van der Waals surface area contributed by atoms with Crippen molar-refractivity contribution in [3.8, 4) is 0 Å². The number of carboxylic acids is 1. The monoisotopic (exact) mass is 1070 g/mol. The van der Waals surface area contributed by atoms with Crippen LogP contribution in [0.25, 0.3) is 0 Å². The number of rotatable bonds is 9. The van der Waals surface area contributed by atoms with Crippen molar-refractivity contribution in [2.45, 2.75) is 175 Å². The van der Waals surface area contributed by atoms with Gasteiger partial charge in [-0.2, -0.15) is 0 Å². The number of halogens is 2. The Balaban J connectivity index is 0.000000477. The highest BCUT2D eigenvalue weighted by atomic mass is 35.5. The van der Waals surface area contributed by atoms with E-state index in [0.717, 1.165) is 51.4 Å². The molecule has 402 valence electrons. The zero-order chi connectivity index (χ0) is 52.2. The maximum Gasteiger partial charge on any atom is 0.549 e. The van der Waals surface area contributed by atoms with Crippen molar-refractivity contribution in [2.75, 3.05) is 21.1 Å². The molecule has 9 unspecified atom stereocenters. The minimum atomic E-state index is -1.90. The zero-order valence-corrected chi connectivity index (χ0v) is 47.2. The lowest BCUT2D eigenvalue weighted by Gasteiger charge is -2.39. The Bertz CT molecular complexity index is 2010. The standard InChI is InChI=1S/C17H21NO3.C16H21NO3P.C10H17NO2.C7H6O2.3C2H6.2ClH/c1-11(19)16-14-9-8-13(18(14)2)10-15(16)21-17(20)12-6-4-3-5-7-12;1-11(18)16-14-9-8-12(17(14)2)10-15(16)20-21(19)13-6-4-3-5-7-13;1-6(12)10-8-4-3-7(11(8)2)5-9(10)13;8-7(9)6-4-2-1-3-5-6;3*1-2;;/h3-7,13-16H,8-10H2,1-2H3;3-7,12,14-16H,8-10H2,1-2H3;7-10,13H,3-5H2,1-2H3;1-5H,(H,8,9);3*1-2H3;2*1H/q;+1;;;;;;;/t13?,14?,15-,16+;12?,14?,15-,16+;7?,8?,9-,10+;;;;;;/m000....../s1/i;;;;3*1+2;;. The maximum absolute atomic E-state index is 12.4. The van der Waals surface area contributed by atoms with Gasteiger partial charge in [0.15, 0.2) is 0 Å². The lowest BCUT2D eigenvalue weighted by atomic mass is 9.85. The first-order chi connectivity index (χ1) is 33.6. The number of hydrogen-bond acceptors (Lipinski definition) is 10. The number of quaternary nitrogens is 2. The van der Waals surface area contributed by atoms with Gasteiger partial charge in [0.2, 0.25) is 5.30 Å². The van der Waals surface area contributed by atoms with E-state index in [1.807, 2.05) is 90.1 Å². The lowest BCUT2D eigenvalue weighted by Crippen LogP contribution is -3.16. The highest BCUT2D eigenvalue weighted by molar-refractivity contribution is 7.48. The van der Waals surface area contributed by atoms with Crippen LogP contribution in [-0.4, -0.2) is 120 Å². The van der Waals surface area contributed by atoms with Gasteiger partial charge in [-0.3, -0.25) is 19.3 Å². The molecule has 13 nitrogen and oxygen atoms in total. The molecule has 0 amide bonds. The number of nitrogens with one attached hydrogen (secondary N) is 2. The first-order valence-electron chi connectivity index (χ1n) is 25.9. The van der Waals surface area contributed by atoms with Crippen molar-refractivity contribution in [1.29, 1.82) is 0 Å². The summed E-state index contributed by atoms with van der Waals surface area (Å²) >= 11 is 0. The van der Waals surface area contributed by atoms with Crippen molar-refractivity contribution in [1.82, 2.24) is 4.90 Å². The first kappa shape index (κ1) is 66.1. The molecular formula is C56H85Cl2N3O10P+. The van der Waals surface area contributed by atoms with E-state index in [-0.39, 0.29) is 90.2 Å². The number of fused-ring (bicyclic) bond motifs is 6. The van der Waals surface area contributed by atoms with Crippen LogP contribution >= 0.6 is 8.03 Å². The van der Waals surface area contributed by atoms with Crippen molar-refractivity contribution >= 4 is 42.6 Å². The van der Waals surface area contributed by atoms with Crippen LogP contribution in [0.5, 0.6) is 0 Å². The van der Waals surface area contributed by atoms with E-state index in [9.17, 15) is 33.6 Å². The molecule has 6 heterocycles. The number of aliphatic hydroxyl groups is 1. The molecule has 4 N–H and O–H groups in total. The summed E-state index contributed by atoms with van der Waals surface area (Å²) in [5.41, 5.74) is 0.885. The third kappa shape index (κ3) is 17.3. The Labute approximate surface area is 443 Å². The van der Waals surface area contributed by atoms with Gasteiger partial charge in [-0.25, -0.2) is 9.59 Å². The molecule has 0 saturated carbocycles. The molecule has 0 radical (unpaired) electrons. The van der Waals surface area contributed by atoms with Gasteiger partial charge >= 0.3 is 20.0 Å². The van der Waals surface area contributed by atoms with Crippen LogP contribution in [0.3, 0.4) is 0 Å². The Kier molecular flexibility index (Phi) is 30.4. The molecular weight excluding hydrogens is 982 g/mol. The minimum absolute atomic E-state index is 0. The number of benzene rings is 3. The average Bonchev–Trinajstić information content (AvgIpc) is 3.84. The van der Waals surface area contributed by atoms with Crippen LogP contribution in [-0.2, 0) is 28.2 Å². The van der Waals surface area contributed by atoms with Gasteiger partial charge in [-0.15, -0.1) is 4.52 Å². The molecule has 9 rings (SSSR count). The molecule has 0 spiro atoms. The minimum Gasteiger partial charge on any atom is -1.00 e. The summed E-state index contributed by atoms with van der Waals surface area (Å²) < 4.78 is 23.9. The second-order valence-electron chi connectivity index (χ2n) is 18.6. The Morgan fingerprint density at radius 3 is 1.50 bits per heavy atom. The summed E-state index contributed by atoms with van der Waals surface area (Å²) in [5.74, 6) is -1.15. The number of ether oxygens (including phenoxy) is 1. The number of piperidine rings is 3. The molecule has 15 atom stereocenters. The SMILES string of the molecule is CC(=O)[C@@H]1C2CCC(C[C@@H]1O)[NH+]2C.CC(=O)[C@@H]1C2CCC(C[C@@H]1OC(=O)c1ccccc1)[NH+]2C.CC(=O)[C@@H]1C2CCC(C[C@@H]1O[P+](=O)c1ccccc1)N2C.C[14CH3].C[14CH3].C[14CH3].O=C(O)c1ccccc1.[Cl-].[Cl-]. The number of esters is 1. The molecule has 6 bridgehead atoms. The number of aromatic carboxylic acids is 1. The summed E-state index contributed by atoms with van der Waals surface area (Å²) in [7, 11) is 4.51. The van der Waals surface area contributed by atoms with Crippen LogP contribution in [0.1, 0.15) is 141 Å². The van der Waals surface area contributed by atoms with E-state index < -0.39 is 14.0 Å². The Morgan fingerprint density at radius 1 is 0.597 bits per heavy atom. The van der Waals surface area contributed by atoms with Crippen molar-refractivity contribution in [3.63, 3.8) is 0 Å². The second-order valence-corrected chi connectivity index (χ2v) is 19.9. The van der Waals surface area contributed by atoms with Gasteiger partial charge in [0, 0.05) is 50.6 Å². The maximum atomic E-state index is 12.4. The third-order valence-electron chi connectivity index (χ3n) is 14.9. The van der Waals surface area contributed by atoms with Crippen LogP contribution < -0.4 is 39.9 Å². The van der Waals surface area contributed by atoms with Crippen LogP contribution in [0.15, 0.2) is 91.0 Å². The number of nitrogens with zero attached hydrogens (tertiary/aromatic N) is 1. The molecule has 6 fully saturated rings. The molecule has 6 aliphatic heterocycles. The van der Waals surface area contributed by atoms with Gasteiger partial charge in [0.25, 0.3) is 0 Å². The van der Waals surface area contributed by atoms with Gasteiger partial charge in [0.1, 0.15) is 47.6 Å². The number of ketones is 3. The lowest BCUT2D eigenvalue weighted by molar-refractivity contribution is -0.926. The number of carboxylic acid groups (broad SMARTS) is 1. The summed E-state index contributed by atoms with van der Waals surface area (Å²) in [5, 5.41) is 18.9. The molecule has 0 aliphatic carbocycles. The van der Waals surface area contributed by atoms with E-state index in [2.05, 4.69) is 26.0 Å². The van der Waals surface area contributed by atoms with Crippen molar-refractivity contribution in [3.05, 3.63) is 102 Å². The first-order valence-corrected chi connectivity index (χ1v) is 27.1. The van der Waals surface area contributed by atoms with Crippen molar-refractivity contribution < 1.29 is 82.6 Å². The highest BCUT2D eigenvalue weighted by Crippen LogP contribution is 2.43. The number of Topliss-reactive ketones (excluding diaryl/α,β-unsaturated/α-hetero) is 3. The van der Waals surface area contributed by atoms with Gasteiger partial charge in [-0.1, -0.05) is 96.1 Å². The van der Waals surface area contributed by atoms with E-state index in [1.54, 1.807) is 63.2 Å². The van der Waals surface area contributed by atoms with Gasteiger partial charge in [-0.05, 0) is 88.0 Å². The number of carbonyl (C=O) groups is 5. The molecule has 6 saturated heterocycles. The average molecular weight is 1070 g/mol. The van der Waals surface area contributed by atoms with Gasteiger partial charge in [0.05, 0.1) is 55.2 Å². The Hall–Kier alpha value is -3.91. The predicted octanol–water partition coefficient (Wildman–Crippen LogP) is 0.851. The van der Waals surface area contributed by atoms with E-state index in [1.165, 1.54) is 16.2 Å². The predicted molar refractivity (Wildman–Crippen MR) is 276 cm³/mol. The fourth-order valence-electron chi connectivity index (χ4n) is 11.6. The number of aliphatic hydroxyl groups excluding tert-OH is 1. The third-order valence-corrected chi connectivity index (χ3v) is 16.1. The fourth-order valence-corrected chi connectivity index (χ4v) is 12.6. The molecule has 72 heavy (non-hydrogen) atoms. The number of hydrogen-bond donors (Lipinski definition) is 4. The summed E-state index contributed by atoms with van der Waals surface area (Å²) in [6.07, 6.45) is 8.15. The highest BCUT2D eigenvalue weighted by Gasteiger charge is 2.54. The smallest absolute Gasteiger partial charge is 0.549 e. The molecule has 16 heteroatoms. The second kappa shape index (κ2) is 33.1. The van der Waals surface area contributed by atoms with E-state index >= 15 is 0 Å². The van der Waals surface area contributed by atoms with Crippen LogP contribution in [0.2, 0.25) is 0 Å². The molecule has 6 aliphatic rings. The molecule has 3 aromatic carbocycles. The summed E-state index contributed by atoms with van der Waals surface area (Å²) in [6, 6.07) is 29.0. The van der Waals surface area contributed by atoms with Gasteiger partial charge < -0.3 is 49.6 Å². The number of carbonyl (C=O) groups excluding carboxylic acids is 4. The van der Waals surface area contributed by atoms with Crippen LogP contribution in [0.4, 0.5) is 0 Å². The van der Waals surface area contributed by atoms with E-state index in [4.69, 9.17) is 14.4 Å².